The Morgan fingerprint density at radius 2 is 2.06 bits per heavy atom. The molecule has 0 unspecified atom stereocenters. The minimum absolute atomic E-state index is 0.0246. The fourth-order valence-corrected chi connectivity index (χ4v) is 3.78. The molecule has 0 saturated heterocycles. The van der Waals surface area contributed by atoms with E-state index in [0.29, 0.717) is 17.7 Å². The number of non-ortho nitro benzene ring substituents is 1. The van der Waals surface area contributed by atoms with E-state index in [0.717, 1.165) is 0 Å². The molecule has 0 N–H and O–H groups in total. The average molecular weight is 422 g/mol. The van der Waals surface area contributed by atoms with E-state index in [1.54, 1.807) is 0 Å². The molecule has 0 heterocycles. The molecule has 1 rings (SSSR count). The maximum atomic E-state index is 11.6. The maximum absolute atomic E-state index is 11.6. The quantitative estimate of drug-likeness (QED) is 0.186. The van der Waals surface area contributed by atoms with Gasteiger partial charge in [-0.2, -0.15) is 0 Å². The Bertz CT molecular complexity index is 453. The summed E-state index contributed by atoms with van der Waals surface area (Å²) in [5, 5.41) is 10.4. The van der Waals surface area contributed by atoms with Crippen molar-refractivity contribution < 1.29 is 40.6 Å². The number of esters is 1. The minimum atomic E-state index is -0.496. The molecule has 6 heteroatoms. The number of nitrogens with zero attached hydrogens (tertiary/aromatic N) is 1. The molecule has 0 spiro atoms. The van der Waals surface area contributed by atoms with E-state index >= 15 is 0 Å². The van der Waals surface area contributed by atoms with Gasteiger partial charge >= 0.3 is 115 Å². The molecule has 0 radical (unpaired) electrons. The van der Waals surface area contributed by atoms with Gasteiger partial charge in [0.15, 0.2) is 0 Å². The van der Waals surface area contributed by atoms with Crippen LogP contribution in [0, 0.1) is 10.1 Å². The fourth-order valence-electron chi connectivity index (χ4n) is 1.27. The molecule has 0 amide bonds. The number of nitro groups is 1. The first-order chi connectivity index (χ1) is 8.08. The number of ether oxygens (including phenoxy) is 1. The van der Waals surface area contributed by atoms with Gasteiger partial charge < -0.3 is 0 Å². The summed E-state index contributed by atoms with van der Waals surface area (Å²) in [5.41, 5.74) is 0.647. The molecule has 0 aliphatic carbocycles. The van der Waals surface area contributed by atoms with Gasteiger partial charge in [0.25, 0.3) is 0 Å². The van der Waals surface area contributed by atoms with Gasteiger partial charge in [-0.15, -0.1) is 0 Å². The van der Waals surface area contributed by atoms with Gasteiger partial charge in [0.2, 0.25) is 0 Å². The topological polar surface area (TPSA) is 69.4 Å². The van der Waals surface area contributed by atoms with Crippen molar-refractivity contribution in [2.24, 2.45) is 0 Å². The standard InChI is InChI=1S/C11H10NO4.Hg.H/c1-3-8(2)11(13)16-10-6-4-9(5-7-10)12(14)15;;/h2,4-7H,3H2,1H3;;. The summed E-state index contributed by atoms with van der Waals surface area (Å²) in [5.74, 6) is -0.0473. The fraction of sp³-hybridized carbons (Fsp3) is 0.182. The first-order valence-electron chi connectivity index (χ1n) is 5.20. The second kappa shape index (κ2) is 6.49. The Morgan fingerprint density at radius 1 is 1.47 bits per heavy atom. The summed E-state index contributed by atoms with van der Waals surface area (Å²) in [6.07, 6.45) is 0.641. The van der Waals surface area contributed by atoms with Crippen molar-refractivity contribution in [2.45, 2.75) is 13.3 Å². The van der Waals surface area contributed by atoms with Gasteiger partial charge in [0.05, 0.1) is 0 Å². The van der Waals surface area contributed by atoms with Crippen LogP contribution < -0.4 is 4.74 Å². The third-order valence-electron chi connectivity index (χ3n) is 2.25. The van der Waals surface area contributed by atoms with Crippen molar-refractivity contribution >= 4 is 11.7 Å². The summed E-state index contributed by atoms with van der Waals surface area (Å²) in [6.45, 7) is 1.89. The number of benzene rings is 1. The van der Waals surface area contributed by atoms with Crippen LogP contribution in [-0.2, 0) is 30.9 Å². The van der Waals surface area contributed by atoms with Gasteiger partial charge in [-0.25, -0.2) is 0 Å². The van der Waals surface area contributed by atoms with Crippen LogP contribution in [0.4, 0.5) is 5.69 Å². The Morgan fingerprint density at radius 3 is 2.47 bits per heavy atom. The number of hydrogen-bond acceptors (Lipinski definition) is 4. The molecular formula is C11H11HgNO4. The van der Waals surface area contributed by atoms with Crippen LogP contribution >= 0.6 is 0 Å². The predicted molar refractivity (Wildman–Crippen MR) is 58.5 cm³/mol. The Balaban J connectivity index is 2.76. The normalized spacial score (nSPS) is 10.9. The Kier molecular flexibility index (Phi) is 5.28. The first kappa shape index (κ1) is 13.8. The van der Waals surface area contributed by atoms with Crippen molar-refractivity contribution in [1.29, 1.82) is 0 Å². The van der Waals surface area contributed by atoms with Gasteiger partial charge in [-0.05, 0) is 0 Å². The molecule has 0 fully saturated rings. The van der Waals surface area contributed by atoms with E-state index in [9.17, 15) is 14.9 Å². The van der Waals surface area contributed by atoms with Crippen LogP contribution in [-0.4, -0.2) is 10.9 Å². The van der Waals surface area contributed by atoms with Crippen LogP contribution in [0.3, 0.4) is 0 Å². The number of nitro benzene ring substituents is 1. The summed E-state index contributed by atoms with van der Waals surface area (Å²) in [4.78, 5) is 21.5. The van der Waals surface area contributed by atoms with Crippen molar-refractivity contribution in [3.05, 3.63) is 43.5 Å². The third-order valence-corrected chi connectivity index (χ3v) is 4.96. The Hall–Kier alpha value is -1.23. The molecule has 5 nitrogen and oxygen atoms in total. The summed E-state index contributed by atoms with van der Waals surface area (Å²) in [6, 6.07) is 5.46. The Labute approximate surface area is 115 Å². The zero-order valence-corrected chi connectivity index (χ0v) is 17.4. The summed E-state index contributed by atoms with van der Waals surface area (Å²) in [7, 11) is 0. The van der Waals surface area contributed by atoms with Crippen molar-refractivity contribution in [1.82, 2.24) is 0 Å². The number of hydrogen-bond donors (Lipinski definition) is 0. The molecule has 1 aromatic carbocycles. The second-order valence-corrected chi connectivity index (χ2v) is 5.55. The SMILES string of the molecule is CC/C(=[CH]/[HgH])C(=O)Oc1ccc([N+](=O)[O-])cc1. The molecule has 0 saturated carbocycles. The molecule has 0 aliphatic rings. The summed E-state index contributed by atoms with van der Waals surface area (Å²) < 4.78 is 7.01. The number of rotatable bonds is 4. The van der Waals surface area contributed by atoms with E-state index < -0.39 is 4.92 Å². The molecule has 0 aliphatic heterocycles. The zero-order chi connectivity index (χ0) is 12.8. The molecule has 86 valence electrons. The van der Waals surface area contributed by atoms with Crippen LogP contribution in [0.25, 0.3) is 0 Å². The molecular weight excluding hydrogens is 411 g/mol. The van der Waals surface area contributed by atoms with Gasteiger partial charge in [0, 0.05) is 0 Å². The van der Waals surface area contributed by atoms with E-state index in [-0.39, 0.29) is 37.8 Å². The molecule has 17 heavy (non-hydrogen) atoms. The van der Waals surface area contributed by atoms with Crippen molar-refractivity contribution in [3.63, 3.8) is 0 Å². The average Bonchev–Trinajstić information content (AvgIpc) is 2.31. The van der Waals surface area contributed by atoms with Gasteiger partial charge in [-0.1, -0.05) is 0 Å². The zero-order valence-electron chi connectivity index (χ0n) is 9.67. The van der Waals surface area contributed by atoms with Gasteiger partial charge in [-0.3, -0.25) is 0 Å². The van der Waals surface area contributed by atoms with Crippen LogP contribution in [0.15, 0.2) is 33.4 Å². The van der Waals surface area contributed by atoms with Gasteiger partial charge in [0.1, 0.15) is 0 Å². The third kappa shape index (κ3) is 3.92. The number of carbonyl (C=O) groups is 1. The molecule has 0 bridgehead atoms. The van der Waals surface area contributed by atoms with Crippen LogP contribution in [0.5, 0.6) is 5.75 Å². The van der Waals surface area contributed by atoms with E-state index in [1.165, 1.54) is 24.3 Å². The molecule has 1 aromatic rings. The van der Waals surface area contributed by atoms with Crippen LogP contribution in [0.2, 0.25) is 0 Å². The van der Waals surface area contributed by atoms with Crippen LogP contribution in [0.1, 0.15) is 13.3 Å². The van der Waals surface area contributed by atoms with Crippen molar-refractivity contribution in [3.8, 4) is 5.75 Å². The predicted octanol–water partition coefficient (Wildman–Crippen LogP) is 2.07. The van der Waals surface area contributed by atoms with E-state index in [2.05, 4.69) is 0 Å². The van der Waals surface area contributed by atoms with Crippen molar-refractivity contribution in [2.75, 3.05) is 0 Å². The summed E-state index contributed by atoms with van der Waals surface area (Å²) >= 11 is 0.209. The van der Waals surface area contributed by atoms with E-state index in [1.807, 2.05) is 10.5 Å². The molecule has 0 aromatic heterocycles. The molecule has 0 atom stereocenters. The van der Waals surface area contributed by atoms with E-state index in [4.69, 9.17) is 4.74 Å². The number of carbonyl (C=O) groups excluding carboxylic acids is 1. The first-order valence-corrected chi connectivity index (χ1v) is 9.69. The monoisotopic (exact) mass is 423 g/mol. The second-order valence-electron chi connectivity index (χ2n) is 3.31.